The minimum Gasteiger partial charge on any atom is -0.466 e. The lowest BCUT2D eigenvalue weighted by atomic mass is 9.86. The van der Waals surface area contributed by atoms with Gasteiger partial charge in [-0.2, -0.15) is 10.5 Å². The Labute approximate surface area is 233 Å². The van der Waals surface area contributed by atoms with Crippen molar-refractivity contribution in [1.82, 2.24) is 9.80 Å². The number of hydrogen-bond acceptors (Lipinski definition) is 7. The number of nitrogens with zero attached hydrogens (tertiary/aromatic N) is 5. The summed E-state index contributed by atoms with van der Waals surface area (Å²) >= 11 is 0. The molecule has 0 bridgehead atoms. The Bertz CT molecular complexity index is 1130. The summed E-state index contributed by atoms with van der Waals surface area (Å²) in [5, 5.41) is 17.5. The number of allylic oxidation sites excluding steroid dienone is 5. The van der Waals surface area contributed by atoms with Gasteiger partial charge in [0.25, 0.3) is 6.67 Å². The lowest BCUT2D eigenvalue weighted by molar-refractivity contribution is -0.136. The first-order valence-corrected chi connectivity index (χ1v) is 12.6. The van der Waals surface area contributed by atoms with E-state index in [2.05, 4.69) is 23.6 Å². The van der Waals surface area contributed by atoms with Crippen molar-refractivity contribution >= 4 is 11.8 Å². The van der Waals surface area contributed by atoms with Gasteiger partial charge in [-0.05, 0) is 43.8 Å². The van der Waals surface area contributed by atoms with Crippen molar-refractivity contribution in [2.75, 3.05) is 33.4 Å². The second-order valence-electron chi connectivity index (χ2n) is 9.23. The monoisotopic (exact) mass is 529 g/mol. The fraction of sp³-hybridized carbons (Fsp3) is 0.387. The van der Waals surface area contributed by atoms with E-state index in [1.54, 1.807) is 20.8 Å². The molecule has 0 heterocycles. The lowest BCUT2D eigenvalue weighted by Crippen LogP contribution is -2.21. The normalized spacial score (nSPS) is 11.6. The van der Waals surface area contributed by atoms with E-state index < -0.39 is 5.41 Å². The standard InChI is InChI=1S/C17H23NO2.C14H16N4O/c1-4-18(5-2)13-9-12-16(17(19)20-3)14-15-10-7-6-8-11-15;1-14(2,3)13(19)12(10-16)6-5-8-18(9-7-15)11-17-4/h6-13H,4-5,14H2,1-3H3;5-6,8H,9,11H2,1-3H3/b13-9+,16-12+;8-5+,12-6+. The molecular weight excluding hydrogens is 490 g/mol. The first-order valence-electron chi connectivity index (χ1n) is 12.6. The van der Waals surface area contributed by atoms with Crippen LogP contribution in [0.15, 0.2) is 78.2 Å². The highest BCUT2D eigenvalue weighted by atomic mass is 16.5. The average molecular weight is 530 g/mol. The number of carbonyl (C=O) groups is 2. The number of benzene rings is 1. The predicted octanol–water partition coefficient (Wildman–Crippen LogP) is 5.45. The molecule has 0 aliphatic heterocycles. The van der Waals surface area contributed by atoms with Crippen molar-refractivity contribution < 1.29 is 14.3 Å². The van der Waals surface area contributed by atoms with Crippen LogP contribution in [0.3, 0.4) is 0 Å². The molecule has 1 rings (SSSR count). The fourth-order valence-corrected chi connectivity index (χ4v) is 3.02. The average Bonchev–Trinajstić information content (AvgIpc) is 2.92. The summed E-state index contributed by atoms with van der Waals surface area (Å²) in [5.41, 5.74) is 1.20. The smallest absolute Gasteiger partial charge is 0.334 e. The molecule has 39 heavy (non-hydrogen) atoms. The molecule has 0 radical (unpaired) electrons. The summed E-state index contributed by atoms with van der Waals surface area (Å²) in [6.07, 6.45) is 10.7. The zero-order valence-corrected chi connectivity index (χ0v) is 23.8. The van der Waals surface area contributed by atoms with Crippen LogP contribution in [-0.2, 0) is 20.7 Å². The first kappa shape index (κ1) is 34.4. The molecular formula is C31H39N5O3. The zero-order valence-electron chi connectivity index (χ0n) is 23.8. The maximum atomic E-state index is 11.9. The van der Waals surface area contributed by atoms with Gasteiger partial charge in [0.05, 0.1) is 18.8 Å². The van der Waals surface area contributed by atoms with Crippen molar-refractivity contribution in [3.05, 3.63) is 95.2 Å². The fourth-order valence-electron chi connectivity index (χ4n) is 3.02. The van der Waals surface area contributed by atoms with Gasteiger partial charge < -0.3 is 9.64 Å². The van der Waals surface area contributed by atoms with E-state index in [-0.39, 0.29) is 30.5 Å². The SMILES string of the molecule is CCN(/C=C/C=C(\Cc1ccccc1)C(=O)OC)CC.[C-]#[N+]CN(/C=C/C=C(\C#N)C(=O)C(C)(C)C)CC#N. The maximum Gasteiger partial charge on any atom is 0.334 e. The Balaban J connectivity index is 0.000000742. The van der Waals surface area contributed by atoms with Crippen LogP contribution >= 0.6 is 0 Å². The summed E-state index contributed by atoms with van der Waals surface area (Å²) in [6.45, 7) is 18.2. The number of carbonyl (C=O) groups excluding carboxylic acids is 2. The van der Waals surface area contributed by atoms with Crippen molar-refractivity contribution in [3.63, 3.8) is 0 Å². The van der Waals surface area contributed by atoms with Crippen LogP contribution in [0.1, 0.15) is 40.2 Å². The molecule has 0 fully saturated rings. The van der Waals surface area contributed by atoms with Gasteiger partial charge in [0.1, 0.15) is 12.6 Å². The number of rotatable bonds is 12. The number of ketones is 1. The van der Waals surface area contributed by atoms with Gasteiger partial charge in [0.15, 0.2) is 5.78 Å². The third kappa shape index (κ3) is 14.6. The van der Waals surface area contributed by atoms with E-state index in [1.165, 1.54) is 30.4 Å². The molecule has 8 heteroatoms. The van der Waals surface area contributed by atoms with Gasteiger partial charge >= 0.3 is 5.97 Å². The molecule has 0 N–H and O–H groups in total. The number of nitriles is 2. The summed E-state index contributed by atoms with van der Waals surface area (Å²) in [4.78, 5) is 30.5. The summed E-state index contributed by atoms with van der Waals surface area (Å²) in [6, 6.07) is 13.7. The summed E-state index contributed by atoms with van der Waals surface area (Å²) in [5.74, 6) is -0.519. The molecule has 0 saturated heterocycles. The molecule has 0 spiro atoms. The number of ether oxygens (including phenoxy) is 1. The third-order valence-corrected chi connectivity index (χ3v) is 5.22. The first-order chi connectivity index (χ1) is 18.6. The highest BCUT2D eigenvalue weighted by molar-refractivity contribution is 6.02. The van der Waals surface area contributed by atoms with Crippen LogP contribution in [0.2, 0.25) is 0 Å². The van der Waals surface area contributed by atoms with Gasteiger partial charge in [0, 0.05) is 36.7 Å². The van der Waals surface area contributed by atoms with Gasteiger partial charge in [-0.1, -0.05) is 57.2 Å². The van der Waals surface area contributed by atoms with Crippen LogP contribution in [0.25, 0.3) is 4.85 Å². The highest BCUT2D eigenvalue weighted by Gasteiger charge is 2.24. The van der Waals surface area contributed by atoms with E-state index in [9.17, 15) is 9.59 Å². The molecule has 1 aromatic carbocycles. The third-order valence-electron chi connectivity index (χ3n) is 5.22. The van der Waals surface area contributed by atoms with Crippen molar-refractivity contribution in [3.8, 4) is 12.1 Å². The summed E-state index contributed by atoms with van der Waals surface area (Å²) < 4.78 is 4.84. The van der Waals surface area contributed by atoms with Crippen molar-refractivity contribution in [2.45, 2.75) is 41.0 Å². The van der Waals surface area contributed by atoms with Crippen LogP contribution in [0.5, 0.6) is 0 Å². The molecule has 0 aliphatic carbocycles. The minimum absolute atomic E-state index is 0.0588. The Morgan fingerprint density at radius 3 is 2.10 bits per heavy atom. The second kappa shape index (κ2) is 19.5. The molecule has 0 unspecified atom stereocenters. The largest absolute Gasteiger partial charge is 0.466 e. The number of hydrogen-bond donors (Lipinski definition) is 0. The van der Waals surface area contributed by atoms with E-state index in [1.807, 2.05) is 60.8 Å². The quantitative estimate of drug-likeness (QED) is 0.0886. The molecule has 0 saturated carbocycles. The molecule has 0 aliphatic rings. The number of methoxy groups -OCH3 is 1. The van der Waals surface area contributed by atoms with Crippen LogP contribution in [0.4, 0.5) is 0 Å². The van der Waals surface area contributed by atoms with Gasteiger partial charge in [0.2, 0.25) is 0 Å². The molecule has 1 aromatic rings. The summed E-state index contributed by atoms with van der Waals surface area (Å²) in [7, 11) is 1.41. The number of Topliss-reactive ketones (excluding diaryl/α,β-unsaturated/α-hetero) is 1. The Morgan fingerprint density at radius 2 is 1.62 bits per heavy atom. The van der Waals surface area contributed by atoms with E-state index >= 15 is 0 Å². The van der Waals surface area contributed by atoms with E-state index in [4.69, 9.17) is 21.8 Å². The van der Waals surface area contributed by atoms with Gasteiger partial charge in [-0.15, -0.1) is 0 Å². The molecule has 0 amide bonds. The zero-order chi connectivity index (χ0) is 29.7. The Morgan fingerprint density at radius 1 is 1.03 bits per heavy atom. The van der Waals surface area contributed by atoms with Gasteiger partial charge in [-0.25, -0.2) is 11.4 Å². The predicted molar refractivity (Wildman–Crippen MR) is 153 cm³/mol. The molecule has 0 aromatic heterocycles. The van der Waals surface area contributed by atoms with E-state index in [0.717, 1.165) is 18.7 Å². The molecule has 206 valence electrons. The van der Waals surface area contributed by atoms with Crippen molar-refractivity contribution in [2.24, 2.45) is 5.41 Å². The second-order valence-corrected chi connectivity index (χ2v) is 9.23. The van der Waals surface area contributed by atoms with E-state index in [0.29, 0.717) is 12.0 Å². The van der Waals surface area contributed by atoms with Crippen molar-refractivity contribution in [1.29, 1.82) is 10.5 Å². The minimum atomic E-state index is -0.613. The lowest BCUT2D eigenvalue weighted by Gasteiger charge is -2.15. The van der Waals surface area contributed by atoms with Gasteiger partial charge in [-0.3, -0.25) is 14.5 Å². The van der Waals surface area contributed by atoms with Crippen LogP contribution in [0, 0.1) is 34.6 Å². The number of esters is 1. The van der Waals surface area contributed by atoms with Crippen LogP contribution in [-0.4, -0.2) is 55.0 Å². The maximum absolute atomic E-state index is 11.9. The Kier molecular flexibility index (Phi) is 17.2. The topological polar surface area (TPSA) is 102 Å². The molecule has 0 atom stereocenters. The van der Waals surface area contributed by atoms with Crippen LogP contribution < -0.4 is 0 Å². The molecule has 8 nitrogen and oxygen atoms in total. The highest BCUT2D eigenvalue weighted by Crippen LogP contribution is 2.19. The Hall–Kier alpha value is -4.61.